The zero-order valence-corrected chi connectivity index (χ0v) is 16.6. The van der Waals surface area contributed by atoms with Crippen LogP contribution in [0, 0.1) is 0 Å². The van der Waals surface area contributed by atoms with Gasteiger partial charge in [-0.05, 0) is 30.0 Å². The number of pyridine rings is 1. The molecule has 26 heavy (non-hydrogen) atoms. The van der Waals surface area contributed by atoms with Crippen molar-refractivity contribution in [1.82, 2.24) is 9.29 Å². The summed E-state index contributed by atoms with van der Waals surface area (Å²) in [5.74, 6) is 1.50. The number of ether oxygens (including phenoxy) is 2. The van der Waals surface area contributed by atoms with E-state index in [2.05, 4.69) is 10.4 Å². The molecule has 2 unspecified atom stereocenters. The standard InChI is InChI=1S/C17H19ClN2O4S2/c1-20(10-17(11-23-17)14-3-2-4-15(18)19-14)26(21,22)16-6-5-12-9-25-8-7-13(12)24-16/h2-4,7,9,16H,5-6,8,10-11H2,1H3. The lowest BCUT2D eigenvalue weighted by Crippen LogP contribution is -2.43. The van der Waals surface area contributed by atoms with Crippen molar-refractivity contribution in [1.29, 1.82) is 0 Å². The van der Waals surface area contributed by atoms with Crippen LogP contribution >= 0.6 is 23.4 Å². The Balaban J connectivity index is 1.50. The number of sulfonamides is 1. The Morgan fingerprint density at radius 1 is 1.46 bits per heavy atom. The van der Waals surface area contributed by atoms with Gasteiger partial charge in [-0.3, -0.25) is 0 Å². The van der Waals surface area contributed by atoms with Crippen LogP contribution in [0.4, 0.5) is 0 Å². The minimum Gasteiger partial charge on any atom is -0.473 e. The fourth-order valence-corrected chi connectivity index (χ4v) is 5.54. The van der Waals surface area contributed by atoms with Crippen molar-refractivity contribution >= 4 is 33.4 Å². The lowest BCUT2D eigenvalue weighted by molar-refractivity contribution is 0.146. The van der Waals surface area contributed by atoms with E-state index in [4.69, 9.17) is 21.1 Å². The summed E-state index contributed by atoms with van der Waals surface area (Å²) in [6.07, 6.45) is 3.09. The second-order valence-corrected chi connectivity index (χ2v) is 10.0. The van der Waals surface area contributed by atoms with Crippen LogP contribution in [0.1, 0.15) is 18.5 Å². The number of epoxide rings is 1. The Kier molecular flexibility index (Phi) is 4.81. The van der Waals surface area contributed by atoms with Gasteiger partial charge in [0.15, 0.2) is 0 Å². The third kappa shape index (κ3) is 3.41. The molecule has 0 spiro atoms. The molecule has 4 heterocycles. The average molecular weight is 415 g/mol. The van der Waals surface area contributed by atoms with Crippen LogP contribution in [0.5, 0.6) is 0 Å². The van der Waals surface area contributed by atoms with Gasteiger partial charge >= 0.3 is 0 Å². The fraction of sp³-hybridized carbons (Fsp3) is 0.471. The Bertz CT molecular complexity index is 881. The molecule has 1 aromatic rings. The number of aromatic nitrogens is 1. The van der Waals surface area contributed by atoms with Crippen LogP contribution in [0.2, 0.25) is 5.15 Å². The maximum atomic E-state index is 13.0. The number of likely N-dealkylation sites (N-methyl/N-ethyl adjacent to an activating group) is 1. The largest absolute Gasteiger partial charge is 0.473 e. The van der Waals surface area contributed by atoms with Crippen molar-refractivity contribution < 1.29 is 17.9 Å². The number of halogens is 1. The second-order valence-electron chi connectivity index (χ2n) is 6.56. The van der Waals surface area contributed by atoms with Gasteiger partial charge in [-0.15, -0.1) is 11.8 Å². The minimum absolute atomic E-state index is 0.181. The van der Waals surface area contributed by atoms with E-state index in [-0.39, 0.29) is 6.54 Å². The van der Waals surface area contributed by atoms with Crippen LogP contribution in [-0.4, -0.2) is 49.1 Å². The van der Waals surface area contributed by atoms with Crippen molar-refractivity contribution in [3.8, 4) is 0 Å². The topological polar surface area (TPSA) is 72.0 Å². The van der Waals surface area contributed by atoms with Crippen LogP contribution in [-0.2, 0) is 25.1 Å². The molecular weight excluding hydrogens is 396 g/mol. The van der Waals surface area contributed by atoms with E-state index < -0.39 is 21.1 Å². The Hall–Kier alpha value is -1.06. The quantitative estimate of drug-likeness (QED) is 0.545. The molecule has 140 valence electrons. The predicted molar refractivity (Wildman–Crippen MR) is 101 cm³/mol. The van der Waals surface area contributed by atoms with Gasteiger partial charge in [0.05, 0.1) is 18.8 Å². The monoisotopic (exact) mass is 414 g/mol. The normalized spacial score (nSPS) is 28.0. The van der Waals surface area contributed by atoms with Gasteiger partial charge in [0, 0.05) is 24.8 Å². The van der Waals surface area contributed by atoms with Crippen LogP contribution in [0.25, 0.3) is 0 Å². The number of hydrogen-bond acceptors (Lipinski definition) is 6. The minimum atomic E-state index is -3.63. The molecule has 3 aliphatic rings. The van der Waals surface area contributed by atoms with Gasteiger partial charge in [-0.2, -0.15) is 4.31 Å². The zero-order chi connectivity index (χ0) is 18.4. The molecule has 0 bridgehead atoms. The molecule has 6 nitrogen and oxygen atoms in total. The summed E-state index contributed by atoms with van der Waals surface area (Å²) in [6.45, 7) is 0.598. The number of nitrogens with zero attached hydrogens (tertiary/aromatic N) is 2. The lowest BCUT2D eigenvalue weighted by Gasteiger charge is -2.32. The SMILES string of the molecule is CN(CC1(c2cccc(Cl)n2)CO1)S(=O)(=O)C1CCC2=CSCC=C2O1. The highest BCUT2D eigenvalue weighted by Crippen LogP contribution is 2.40. The predicted octanol–water partition coefficient (Wildman–Crippen LogP) is 2.87. The summed E-state index contributed by atoms with van der Waals surface area (Å²) in [5.41, 5.74) is 0.129. The molecule has 3 aliphatic heterocycles. The molecule has 9 heteroatoms. The molecule has 0 radical (unpaired) electrons. The van der Waals surface area contributed by atoms with E-state index in [9.17, 15) is 8.42 Å². The van der Waals surface area contributed by atoms with Gasteiger partial charge in [-0.1, -0.05) is 17.7 Å². The molecule has 0 aliphatic carbocycles. The zero-order valence-electron chi connectivity index (χ0n) is 14.2. The van der Waals surface area contributed by atoms with Gasteiger partial charge in [0.25, 0.3) is 10.0 Å². The van der Waals surface area contributed by atoms with E-state index in [0.29, 0.717) is 36.1 Å². The van der Waals surface area contributed by atoms with Gasteiger partial charge < -0.3 is 9.47 Å². The third-order valence-corrected chi connectivity index (χ3v) is 7.75. The number of thioether (sulfide) groups is 1. The van der Waals surface area contributed by atoms with Crippen molar-refractivity contribution in [2.24, 2.45) is 0 Å². The molecule has 1 aromatic heterocycles. The molecule has 0 N–H and O–H groups in total. The number of allylic oxidation sites excluding steroid dienone is 1. The Morgan fingerprint density at radius 2 is 2.27 bits per heavy atom. The summed E-state index contributed by atoms with van der Waals surface area (Å²) >= 11 is 7.66. The Labute approximate surface area is 162 Å². The van der Waals surface area contributed by atoms with E-state index in [0.717, 1.165) is 11.3 Å². The summed E-state index contributed by atoms with van der Waals surface area (Å²) in [5, 5.41) is 2.42. The first-order valence-corrected chi connectivity index (χ1v) is 11.2. The van der Waals surface area contributed by atoms with Gasteiger partial charge in [0.1, 0.15) is 16.5 Å². The van der Waals surface area contributed by atoms with Crippen molar-refractivity contribution in [2.75, 3.05) is 26.0 Å². The van der Waals surface area contributed by atoms with Crippen molar-refractivity contribution in [2.45, 2.75) is 23.9 Å². The summed E-state index contributed by atoms with van der Waals surface area (Å²) in [6, 6.07) is 5.27. The summed E-state index contributed by atoms with van der Waals surface area (Å²) in [7, 11) is -2.07. The average Bonchev–Trinajstić information content (AvgIpc) is 3.42. The maximum absolute atomic E-state index is 13.0. The molecule has 2 atom stereocenters. The first kappa shape index (κ1) is 18.3. The molecule has 0 aromatic carbocycles. The van der Waals surface area contributed by atoms with Gasteiger partial charge in [0.2, 0.25) is 5.44 Å². The van der Waals surface area contributed by atoms with Gasteiger partial charge in [-0.25, -0.2) is 13.4 Å². The molecule has 0 amide bonds. The highest BCUT2D eigenvalue weighted by atomic mass is 35.5. The first-order valence-electron chi connectivity index (χ1n) is 8.31. The fourth-order valence-electron chi connectivity index (χ4n) is 3.17. The number of rotatable bonds is 5. The summed E-state index contributed by atoms with van der Waals surface area (Å²) < 4.78 is 38.7. The molecule has 4 rings (SSSR count). The molecule has 2 saturated heterocycles. The lowest BCUT2D eigenvalue weighted by atomic mass is 10.1. The maximum Gasteiger partial charge on any atom is 0.252 e. The molecular formula is C17H19ClN2O4S2. The summed E-state index contributed by atoms with van der Waals surface area (Å²) in [4.78, 5) is 4.28. The van der Waals surface area contributed by atoms with Crippen molar-refractivity contribution in [3.05, 3.63) is 51.9 Å². The van der Waals surface area contributed by atoms with E-state index in [1.807, 2.05) is 6.08 Å². The van der Waals surface area contributed by atoms with Crippen LogP contribution in [0.3, 0.4) is 0 Å². The smallest absolute Gasteiger partial charge is 0.252 e. The first-order chi connectivity index (χ1) is 12.4. The van der Waals surface area contributed by atoms with E-state index in [1.165, 1.54) is 4.31 Å². The molecule has 2 fully saturated rings. The second kappa shape index (κ2) is 6.83. The van der Waals surface area contributed by atoms with E-state index >= 15 is 0 Å². The number of hydrogen-bond donors (Lipinski definition) is 0. The van der Waals surface area contributed by atoms with Crippen LogP contribution in [0.15, 0.2) is 41.0 Å². The highest BCUT2D eigenvalue weighted by Gasteiger charge is 2.51. The number of fused-ring (bicyclic) bond motifs is 1. The Morgan fingerprint density at radius 3 is 3.00 bits per heavy atom. The van der Waals surface area contributed by atoms with E-state index in [1.54, 1.807) is 37.0 Å². The highest BCUT2D eigenvalue weighted by molar-refractivity contribution is 8.02. The van der Waals surface area contributed by atoms with Crippen LogP contribution < -0.4 is 0 Å². The third-order valence-electron chi connectivity index (χ3n) is 4.73. The van der Waals surface area contributed by atoms with Crippen molar-refractivity contribution in [3.63, 3.8) is 0 Å². The molecule has 0 saturated carbocycles.